The molecule has 0 unspecified atom stereocenters. The van der Waals surface area contributed by atoms with E-state index in [2.05, 4.69) is 24.1 Å². The van der Waals surface area contributed by atoms with E-state index in [9.17, 15) is 9.18 Å². The van der Waals surface area contributed by atoms with Crippen LogP contribution in [0.5, 0.6) is 0 Å². The average molecular weight is 339 g/mol. The van der Waals surface area contributed by atoms with E-state index >= 15 is 0 Å². The zero-order valence-electron chi connectivity index (χ0n) is 14.7. The molecule has 0 saturated carbocycles. The van der Waals surface area contributed by atoms with Crippen molar-refractivity contribution in [1.29, 1.82) is 0 Å². The van der Waals surface area contributed by atoms with Gasteiger partial charge in [-0.1, -0.05) is 32.0 Å². The molecule has 0 amide bonds. The lowest BCUT2D eigenvalue weighted by atomic mass is 9.96. The maximum Gasteiger partial charge on any atom is 0.258 e. The van der Waals surface area contributed by atoms with E-state index in [4.69, 9.17) is 0 Å². The Balaban J connectivity index is 1.83. The van der Waals surface area contributed by atoms with Gasteiger partial charge in [0, 0.05) is 24.8 Å². The fraction of sp³-hybridized carbons (Fsp3) is 0.300. The molecule has 0 spiro atoms. The van der Waals surface area contributed by atoms with E-state index < -0.39 is 0 Å². The standard InChI is InChI=1S/C20H22FN3O/c1-13(2)20(15-5-7-16(21)8-6-15)22-11-17-10-19(25)24-12-14(3)4-9-18(24)23-17/h4-10,12-13,20,22H,11H2,1-3H3/t20-/m0/s1. The molecule has 0 aliphatic rings. The number of hydrogen-bond acceptors (Lipinski definition) is 3. The highest BCUT2D eigenvalue weighted by molar-refractivity contribution is 5.40. The number of rotatable bonds is 5. The third-order valence-electron chi connectivity index (χ3n) is 4.26. The van der Waals surface area contributed by atoms with E-state index in [1.54, 1.807) is 28.8 Å². The first-order valence-corrected chi connectivity index (χ1v) is 8.42. The van der Waals surface area contributed by atoms with Crippen molar-refractivity contribution >= 4 is 5.65 Å². The summed E-state index contributed by atoms with van der Waals surface area (Å²) < 4.78 is 14.7. The van der Waals surface area contributed by atoms with Gasteiger partial charge >= 0.3 is 0 Å². The Morgan fingerprint density at radius 3 is 2.56 bits per heavy atom. The quantitative estimate of drug-likeness (QED) is 0.772. The highest BCUT2D eigenvalue weighted by atomic mass is 19.1. The molecular formula is C20H22FN3O. The number of pyridine rings is 1. The smallest absolute Gasteiger partial charge is 0.258 e. The average Bonchev–Trinajstić information content (AvgIpc) is 2.57. The summed E-state index contributed by atoms with van der Waals surface area (Å²) in [6, 6.07) is 11.9. The SMILES string of the molecule is Cc1ccc2nc(CN[C@H](c3ccc(F)cc3)C(C)C)cc(=O)n2c1. The zero-order chi connectivity index (χ0) is 18.0. The van der Waals surface area contributed by atoms with Crippen LogP contribution < -0.4 is 10.9 Å². The summed E-state index contributed by atoms with van der Waals surface area (Å²) in [5.41, 5.74) is 3.27. The van der Waals surface area contributed by atoms with Gasteiger partial charge in [0.2, 0.25) is 0 Å². The van der Waals surface area contributed by atoms with Crippen molar-refractivity contribution in [1.82, 2.24) is 14.7 Å². The van der Waals surface area contributed by atoms with Crippen molar-refractivity contribution < 1.29 is 4.39 Å². The molecule has 2 aromatic heterocycles. The van der Waals surface area contributed by atoms with Gasteiger partial charge in [0.1, 0.15) is 11.5 Å². The minimum atomic E-state index is -0.245. The lowest BCUT2D eigenvalue weighted by Gasteiger charge is -2.23. The van der Waals surface area contributed by atoms with Crippen molar-refractivity contribution in [3.8, 4) is 0 Å². The first kappa shape index (κ1) is 17.3. The number of benzene rings is 1. The Hall–Kier alpha value is -2.53. The van der Waals surface area contributed by atoms with Crippen LogP contribution in [0.3, 0.4) is 0 Å². The maximum absolute atomic E-state index is 13.2. The molecule has 1 aromatic carbocycles. The summed E-state index contributed by atoms with van der Waals surface area (Å²) in [6.07, 6.45) is 1.79. The molecule has 0 radical (unpaired) electrons. The van der Waals surface area contributed by atoms with Crippen LogP contribution in [-0.2, 0) is 6.54 Å². The topological polar surface area (TPSA) is 46.4 Å². The number of aromatic nitrogens is 2. The zero-order valence-corrected chi connectivity index (χ0v) is 14.7. The monoisotopic (exact) mass is 339 g/mol. The van der Waals surface area contributed by atoms with Crippen molar-refractivity contribution in [2.45, 2.75) is 33.4 Å². The van der Waals surface area contributed by atoms with Gasteiger partial charge in [-0.25, -0.2) is 9.37 Å². The van der Waals surface area contributed by atoms with Gasteiger partial charge in [0.05, 0.1) is 5.69 Å². The lowest BCUT2D eigenvalue weighted by molar-refractivity contribution is 0.408. The fourth-order valence-corrected chi connectivity index (χ4v) is 2.97. The fourth-order valence-electron chi connectivity index (χ4n) is 2.97. The van der Waals surface area contributed by atoms with Crippen molar-refractivity contribution in [3.63, 3.8) is 0 Å². The van der Waals surface area contributed by atoms with Crippen molar-refractivity contribution in [2.75, 3.05) is 0 Å². The Morgan fingerprint density at radius 2 is 1.88 bits per heavy atom. The molecule has 5 heteroatoms. The van der Waals surface area contributed by atoms with Gasteiger partial charge < -0.3 is 5.32 Å². The molecule has 0 saturated heterocycles. The molecule has 0 fully saturated rings. The van der Waals surface area contributed by atoms with Crippen LogP contribution in [0.1, 0.15) is 36.7 Å². The largest absolute Gasteiger partial charge is 0.304 e. The second-order valence-electron chi connectivity index (χ2n) is 6.67. The van der Waals surface area contributed by atoms with E-state index in [-0.39, 0.29) is 17.4 Å². The van der Waals surface area contributed by atoms with Crippen LogP contribution >= 0.6 is 0 Å². The second-order valence-corrected chi connectivity index (χ2v) is 6.67. The minimum absolute atomic E-state index is 0.0545. The van der Waals surface area contributed by atoms with E-state index in [1.807, 2.05) is 19.1 Å². The molecule has 2 heterocycles. The number of halogens is 1. The Labute approximate surface area is 146 Å². The van der Waals surface area contributed by atoms with Gasteiger partial charge in [0.25, 0.3) is 5.56 Å². The Morgan fingerprint density at radius 1 is 1.16 bits per heavy atom. The summed E-state index contributed by atoms with van der Waals surface area (Å²) in [7, 11) is 0. The van der Waals surface area contributed by atoms with E-state index in [1.165, 1.54) is 12.1 Å². The molecular weight excluding hydrogens is 317 g/mol. The van der Waals surface area contributed by atoms with Crippen molar-refractivity contribution in [3.05, 3.63) is 81.7 Å². The Bertz CT molecular complexity index is 932. The van der Waals surface area contributed by atoms with Gasteiger partial charge in [-0.3, -0.25) is 9.20 Å². The summed E-state index contributed by atoms with van der Waals surface area (Å²) in [6.45, 7) is 6.62. The minimum Gasteiger partial charge on any atom is -0.304 e. The van der Waals surface area contributed by atoms with Gasteiger partial charge in [-0.2, -0.15) is 0 Å². The molecule has 4 nitrogen and oxygen atoms in total. The number of hydrogen-bond donors (Lipinski definition) is 1. The van der Waals surface area contributed by atoms with Gasteiger partial charge in [-0.05, 0) is 42.2 Å². The van der Waals surface area contributed by atoms with E-state index in [0.29, 0.717) is 23.8 Å². The molecule has 0 aliphatic heterocycles. The van der Waals surface area contributed by atoms with E-state index in [0.717, 1.165) is 11.1 Å². The lowest BCUT2D eigenvalue weighted by Crippen LogP contribution is -2.27. The van der Waals surface area contributed by atoms with Crippen LogP contribution in [-0.4, -0.2) is 9.38 Å². The van der Waals surface area contributed by atoms with Crippen molar-refractivity contribution in [2.24, 2.45) is 5.92 Å². The summed E-state index contributed by atoms with van der Waals surface area (Å²) in [4.78, 5) is 16.8. The Kier molecular flexibility index (Phi) is 4.95. The first-order chi connectivity index (χ1) is 11.9. The van der Waals surface area contributed by atoms with Crippen LogP contribution in [0, 0.1) is 18.7 Å². The van der Waals surface area contributed by atoms with Crippen LogP contribution in [0.2, 0.25) is 0 Å². The highest BCUT2D eigenvalue weighted by Crippen LogP contribution is 2.22. The summed E-state index contributed by atoms with van der Waals surface area (Å²) in [5, 5.41) is 3.44. The van der Waals surface area contributed by atoms with Crippen LogP contribution in [0.4, 0.5) is 4.39 Å². The third kappa shape index (κ3) is 3.94. The molecule has 25 heavy (non-hydrogen) atoms. The molecule has 1 N–H and O–H groups in total. The molecule has 3 rings (SSSR count). The number of nitrogens with one attached hydrogen (secondary N) is 1. The highest BCUT2D eigenvalue weighted by Gasteiger charge is 2.16. The number of aryl methyl sites for hydroxylation is 1. The second kappa shape index (κ2) is 7.15. The molecule has 1 atom stereocenters. The van der Waals surface area contributed by atoms with Gasteiger partial charge in [-0.15, -0.1) is 0 Å². The summed E-state index contributed by atoms with van der Waals surface area (Å²) in [5.74, 6) is 0.0698. The maximum atomic E-state index is 13.2. The summed E-state index contributed by atoms with van der Waals surface area (Å²) >= 11 is 0. The predicted molar refractivity (Wildman–Crippen MR) is 97.0 cm³/mol. The molecule has 0 bridgehead atoms. The van der Waals surface area contributed by atoms with Gasteiger partial charge in [0.15, 0.2) is 0 Å². The predicted octanol–water partition coefficient (Wildman–Crippen LogP) is 3.63. The molecule has 0 aliphatic carbocycles. The molecule has 130 valence electrons. The van der Waals surface area contributed by atoms with Crippen LogP contribution in [0.25, 0.3) is 5.65 Å². The number of fused-ring (bicyclic) bond motifs is 1. The first-order valence-electron chi connectivity index (χ1n) is 8.42. The number of nitrogens with zero attached hydrogens (tertiary/aromatic N) is 2. The normalized spacial score (nSPS) is 12.7. The molecule has 3 aromatic rings. The van der Waals surface area contributed by atoms with Crippen LogP contribution in [0.15, 0.2) is 53.5 Å². The third-order valence-corrected chi connectivity index (χ3v) is 4.26.